The molecule has 6 heteroatoms. The van der Waals surface area contributed by atoms with Crippen molar-refractivity contribution >= 4 is 39.1 Å². The highest BCUT2D eigenvalue weighted by Crippen LogP contribution is 2.28. The van der Waals surface area contributed by atoms with E-state index < -0.39 is 0 Å². The largest absolute Gasteiger partial charge is 0.384 e. The summed E-state index contributed by atoms with van der Waals surface area (Å²) < 4.78 is 0. The van der Waals surface area contributed by atoms with Crippen LogP contribution in [0.2, 0.25) is 0 Å². The van der Waals surface area contributed by atoms with Crippen molar-refractivity contribution in [3.8, 4) is 0 Å². The maximum atomic E-state index is 12.6. The lowest BCUT2D eigenvalue weighted by Crippen LogP contribution is -2.40. The van der Waals surface area contributed by atoms with Crippen LogP contribution in [0.1, 0.15) is 31.2 Å². The smallest absolute Gasteiger partial charge is 0.224 e. The molecule has 2 aromatic carbocycles. The number of fused-ring (bicyclic) bond motifs is 2. The fourth-order valence-electron chi connectivity index (χ4n) is 4.41. The third kappa shape index (κ3) is 5.28. The third-order valence-corrected chi connectivity index (χ3v) is 6.17. The van der Waals surface area contributed by atoms with Crippen LogP contribution in [0.15, 0.2) is 60.7 Å². The molecule has 0 aliphatic heterocycles. The number of hydrogen-bond acceptors (Lipinski definition) is 5. The molecule has 6 nitrogen and oxygen atoms in total. The Bertz CT molecular complexity index is 1300. The zero-order chi connectivity index (χ0) is 24.1. The Labute approximate surface area is 201 Å². The number of nitrogens with two attached hydrogens (primary N) is 1. The Hall–Kier alpha value is -3.67. The van der Waals surface area contributed by atoms with Crippen LogP contribution in [0.5, 0.6) is 0 Å². The molecule has 4 aromatic rings. The molecule has 1 unspecified atom stereocenters. The van der Waals surface area contributed by atoms with Gasteiger partial charge in [-0.3, -0.25) is 14.8 Å². The average Bonchev–Trinajstić information content (AvgIpc) is 2.82. The molecule has 34 heavy (non-hydrogen) atoms. The summed E-state index contributed by atoms with van der Waals surface area (Å²) in [7, 11) is 0. The first kappa shape index (κ1) is 23.5. The normalized spacial score (nSPS) is 12.1. The van der Waals surface area contributed by atoms with Crippen LogP contribution in [-0.4, -0.2) is 35.5 Å². The van der Waals surface area contributed by atoms with Gasteiger partial charge in [-0.2, -0.15) is 0 Å². The fourth-order valence-corrected chi connectivity index (χ4v) is 4.41. The van der Waals surface area contributed by atoms with E-state index in [1.54, 1.807) is 0 Å². The SMILES string of the molecule is CCCCN(CC(CNc1cc(C)nc2ccccc12)C(N)=O)c1cc(C)nc2ccccc12. The van der Waals surface area contributed by atoms with E-state index in [1.165, 1.54) is 0 Å². The number of nitrogens with one attached hydrogen (secondary N) is 1. The third-order valence-electron chi connectivity index (χ3n) is 6.17. The van der Waals surface area contributed by atoms with Gasteiger partial charge in [-0.1, -0.05) is 49.7 Å². The number of primary amides is 1. The van der Waals surface area contributed by atoms with Crippen LogP contribution in [-0.2, 0) is 4.79 Å². The fraction of sp³-hybridized carbons (Fsp3) is 0.321. The van der Waals surface area contributed by atoms with Crippen molar-refractivity contribution in [2.24, 2.45) is 11.7 Å². The van der Waals surface area contributed by atoms with Gasteiger partial charge in [0.1, 0.15) is 0 Å². The number of carbonyl (C=O) groups is 1. The molecule has 0 spiro atoms. The van der Waals surface area contributed by atoms with Crippen molar-refractivity contribution in [2.75, 3.05) is 29.9 Å². The van der Waals surface area contributed by atoms with Crippen molar-refractivity contribution in [1.29, 1.82) is 0 Å². The number of para-hydroxylation sites is 2. The number of nitrogens with zero attached hydrogens (tertiary/aromatic N) is 3. The number of anilines is 2. The molecule has 2 aromatic heterocycles. The van der Waals surface area contributed by atoms with Gasteiger partial charge in [0.2, 0.25) is 5.91 Å². The second kappa shape index (κ2) is 10.5. The number of benzene rings is 2. The zero-order valence-electron chi connectivity index (χ0n) is 20.2. The van der Waals surface area contributed by atoms with E-state index in [2.05, 4.69) is 39.2 Å². The number of amides is 1. The first-order chi connectivity index (χ1) is 16.5. The Morgan fingerprint density at radius 1 is 0.971 bits per heavy atom. The summed E-state index contributed by atoms with van der Waals surface area (Å²) >= 11 is 0. The minimum Gasteiger partial charge on any atom is -0.384 e. The zero-order valence-corrected chi connectivity index (χ0v) is 20.2. The maximum Gasteiger partial charge on any atom is 0.224 e. The molecule has 1 atom stereocenters. The highest BCUT2D eigenvalue weighted by atomic mass is 16.1. The van der Waals surface area contributed by atoms with Gasteiger partial charge in [0, 0.05) is 53.2 Å². The average molecular weight is 456 g/mol. The Morgan fingerprint density at radius 3 is 2.26 bits per heavy atom. The van der Waals surface area contributed by atoms with Gasteiger partial charge in [0.15, 0.2) is 0 Å². The van der Waals surface area contributed by atoms with Crippen LogP contribution in [0, 0.1) is 19.8 Å². The molecule has 1 amide bonds. The molecule has 0 saturated heterocycles. The highest BCUT2D eigenvalue weighted by Gasteiger charge is 2.22. The number of carbonyl (C=O) groups excluding carboxylic acids is 1. The summed E-state index contributed by atoms with van der Waals surface area (Å²) in [5.41, 5.74) is 11.8. The lowest BCUT2D eigenvalue weighted by atomic mass is 10.0. The number of rotatable bonds is 10. The van der Waals surface area contributed by atoms with E-state index in [9.17, 15) is 4.79 Å². The summed E-state index contributed by atoms with van der Waals surface area (Å²) in [5, 5.41) is 5.62. The Kier molecular flexibility index (Phi) is 7.26. The van der Waals surface area contributed by atoms with Crippen LogP contribution in [0.3, 0.4) is 0 Å². The summed E-state index contributed by atoms with van der Waals surface area (Å²) in [6.07, 6.45) is 2.10. The Balaban J connectivity index is 1.62. The first-order valence-corrected chi connectivity index (χ1v) is 12.0. The quantitative estimate of drug-likeness (QED) is 0.342. The van der Waals surface area contributed by atoms with Crippen LogP contribution < -0.4 is 16.0 Å². The summed E-state index contributed by atoms with van der Waals surface area (Å²) in [6, 6.07) is 20.3. The van der Waals surface area contributed by atoms with Crippen molar-refractivity contribution in [1.82, 2.24) is 9.97 Å². The van der Waals surface area contributed by atoms with E-state index in [1.807, 2.05) is 62.4 Å². The molecule has 0 saturated carbocycles. The van der Waals surface area contributed by atoms with E-state index in [0.717, 1.165) is 64.0 Å². The van der Waals surface area contributed by atoms with Crippen LogP contribution >= 0.6 is 0 Å². The summed E-state index contributed by atoms with van der Waals surface area (Å²) in [4.78, 5) is 24.2. The second-order valence-electron chi connectivity index (χ2n) is 8.91. The maximum absolute atomic E-state index is 12.6. The molecule has 0 fully saturated rings. The topological polar surface area (TPSA) is 84.1 Å². The molecular weight excluding hydrogens is 422 g/mol. The standard InChI is InChI=1S/C28H33N5O/c1-4-5-14-33(27-16-20(3)32-25-13-9-7-11-23(25)27)18-21(28(29)34)17-30-26-15-19(2)31-24-12-8-6-10-22(24)26/h6-13,15-16,21H,4-5,14,17-18H2,1-3H3,(H2,29,34)(H,30,31). The number of hydrogen-bond donors (Lipinski definition) is 2. The molecule has 0 bridgehead atoms. The summed E-state index contributed by atoms with van der Waals surface area (Å²) in [6.45, 7) is 8.01. The minimum atomic E-state index is -0.365. The van der Waals surface area contributed by atoms with Crippen molar-refractivity contribution in [2.45, 2.75) is 33.6 Å². The van der Waals surface area contributed by atoms with Gasteiger partial charge in [-0.15, -0.1) is 0 Å². The predicted molar refractivity (Wildman–Crippen MR) is 141 cm³/mol. The number of unbranched alkanes of at least 4 members (excludes halogenated alkanes) is 1. The predicted octanol–water partition coefficient (Wildman–Crippen LogP) is 5.22. The molecule has 0 radical (unpaired) electrons. The minimum absolute atomic E-state index is 0.306. The van der Waals surface area contributed by atoms with Gasteiger partial charge in [-0.25, -0.2) is 0 Å². The van der Waals surface area contributed by atoms with E-state index >= 15 is 0 Å². The molecule has 0 aliphatic carbocycles. The van der Waals surface area contributed by atoms with Crippen molar-refractivity contribution < 1.29 is 4.79 Å². The van der Waals surface area contributed by atoms with Gasteiger partial charge in [0.25, 0.3) is 0 Å². The number of aromatic nitrogens is 2. The molecule has 2 heterocycles. The van der Waals surface area contributed by atoms with Gasteiger partial charge < -0.3 is 16.0 Å². The van der Waals surface area contributed by atoms with Gasteiger partial charge >= 0.3 is 0 Å². The highest BCUT2D eigenvalue weighted by molar-refractivity contribution is 5.93. The van der Waals surface area contributed by atoms with Crippen LogP contribution in [0.25, 0.3) is 21.8 Å². The van der Waals surface area contributed by atoms with E-state index in [-0.39, 0.29) is 11.8 Å². The Morgan fingerprint density at radius 2 is 1.59 bits per heavy atom. The molecule has 176 valence electrons. The molecule has 4 rings (SSSR count). The van der Waals surface area contributed by atoms with Gasteiger partial charge in [0.05, 0.1) is 17.0 Å². The molecule has 3 N–H and O–H groups in total. The number of aryl methyl sites for hydroxylation is 2. The monoisotopic (exact) mass is 455 g/mol. The first-order valence-electron chi connectivity index (χ1n) is 12.0. The van der Waals surface area contributed by atoms with Crippen LogP contribution in [0.4, 0.5) is 11.4 Å². The second-order valence-corrected chi connectivity index (χ2v) is 8.91. The molecular formula is C28H33N5O. The van der Waals surface area contributed by atoms with E-state index in [0.29, 0.717) is 13.1 Å². The van der Waals surface area contributed by atoms with Crippen molar-refractivity contribution in [3.05, 3.63) is 72.1 Å². The van der Waals surface area contributed by atoms with Gasteiger partial charge in [-0.05, 0) is 44.5 Å². The van der Waals surface area contributed by atoms with E-state index in [4.69, 9.17) is 5.73 Å². The summed E-state index contributed by atoms with van der Waals surface area (Å²) in [5.74, 6) is -0.671. The number of pyridine rings is 2. The lowest BCUT2D eigenvalue weighted by molar-refractivity contribution is -0.121. The lowest BCUT2D eigenvalue weighted by Gasteiger charge is -2.30. The molecule has 0 aliphatic rings. The van der Waals surface area contributed by atoms with Crippen molar-refractivity contribution in [3.63, 3.8) is 0 Å².